The summed E-state index contributed by atoms with van der Waals surface area (Å²) in [5.41, 5.74) is 0.767. The second-order valence-corrected chi connectivity index (χ2v) is 7.58. The molecule has 1 saturated heterocycles. The molecule has 2 aliphatic heterocycles. The fourth-order valence-electron chi connectivity index (χ4n) is 3.53. The van der Waals surface area contributed by atoms with E-state index in [1.165, 1.54) is 12.1 Å². The molecule has 0 aromatic heterocycles. The van der Waals surface area contributed by atoms with E-state index in [-0.39, 0.29) is 23.7 Å². The first-order valence-electron chi connectivity index (χ1n) is 8.41. The summed E-state index contributed by atoms with van der Waals surface area (Å²) in [6.45, 7) is 5.51. The first-order chi connectivity index (χ1) is 11.7. The van der Waals surface area contributed by atoms with Crippen molar-refractivity contribution >= 4 is 17.6 Å². The molecule has 134 valence electrons. The van der Waals surface area contributed by atoms with Crippen molar-refractivity contribution < 1.29 is 23.8 Å². The van der Waals surface area contributed by atoms with Crippen LogP contribution >= 0.6 is 0 Å². The summed E-state index contributed by atoms with van der Waals surface area (Å²) in [6.07, 6.45) is 3.99. The second-order valence-electron chi connectivity index (χ2n) is 7.58. The Kier molecular flexibility index (Phi) is 4.31. The maximum absolute atomic E-state index is 13.6. The lowest BCUT2D eigenvalue weighted by molar-refractivity contribution is 0.0175. The largest absolute Gasteiger partial charge is 0.478 e. The van der Waals surface area contributed by atoms with Crippen LogP contribution in [-0.4, -0.2) is 39.8 Å². The van der Waals surface area contributed by atoms with Crippen molar-refractivity contribution in [3.05, 3.63) is 41.2 Å². The smallest absolute Gasteiger partial charge is 0.411 e. The molecular weight excluding hydrogens is 325 g/mol. The van der Waals surface area contributed by atoms with Gasteiger partial charge in [-0.15, -0.1) is 0 Å². The van der Waals surface area contributed by atoms with Crippen molar-refractivity contribution in [2.75, 3.05) is 0 Å². The molecule has 6 heteroatoms. The molecule has 1 amide bonds. The molecule has 0 saturated carbocycles. The first kappa shape index (κ1) is 17.5. The minimum absolute atomic E-state index is 0.0261. The molecule has 2 bridgehead atoms. The molecule has 1 aromatic rings. The second kappa shape index (κ2) is 6.17. The van der Waals surface area contributed by atoms with Crippen molar-refractivity contribution in [1.82, 2.24) is 4.90 Å². The van der Waals surface area contributed by atoms with Crippen LogP contribution in [0, 0.1) is 5.82 Å². The van der Waals surface area contributed by atoms with Crippen LogP contribution in [0.1, 0.15) is 56.0 Å². The molecule has 2 unspecified atom stereocenters. The molecular formula is C19H22FNO4. The van der Waals surface area contributed by atoms with Gasteiger partial charge in [-0.2, -0.15) is 0 Å². The monoisotopic (exact) mass is 347 g/mol. The maximum Gasteiger partial charge on any atom is 0.411 e. The highest BCUT2D eigenvalue weighted by atomic mass is 19.1. The number of carbonyl (C=O) groups excluding carboxylic acids is 1. The normalized spacial score (nSPS) is 22.6. The summed E-state index contributed by atoms with van der Waals surface area (Å²) in [7, 11) is 0. The lowest BCUT2D eigenvalue weighted by Gasteiger charge is -2.35. The van der Waals surface area contributed by atoms with Crippen LogP contribution in [0.3, 0.4) is 0 Å². The van der Waals surface area contributed by atoms with Crippen LogP contribution < -0.4 is 0 Å². The third kappa shape index (κ3) is 3.52. The van der Waals surface area contributed by atoms with Crippen LogP contribution in [0.2, 0.25) is 0 Å². The first-order valence-corrected chi connectivity index (χ1v) is 8.41. The number of carboxylic acids is 1. The van der Waals surface area contributed by atoms with Crippen molar-refractivity contribution in [2.45, 2.75) is 57.7 Å². The van der Waals surface area contributed by atoms with E-state index in [0.29, 0.717) is 12.0 Å². The quantitative estimate of drug-likeness (QED) is 0.875. The Morgan fingerprint density at radius 3 is 2.60 bits per heavy atom. The number of halogens is 1. The Hall–Kier alpha value is -2.37. The van der Waals surface area contributed by atoms with Crippen molar-refractivity contribution in [2.24, 2.45) is 0 Å². The van der Waals surface area contributed by atoms with Gasteiger partial charge in [0.25, 0.3) is 0 Å². The summed E-state index contributed by atoms with van der Waals surface area (Å²) < 4.78 is 19.1. The molecule has 1 fully saturated rings. The molecule has 1 aromatic carbocycles. The Balaban J connectivity index is 1.86. The van der Waals surface area contributed by atoms with Crippen LogP contribution in [0.5, 0.6) is 0 Å². The summed E-state index contributed by atoms with van der Waals surface area (Å²) in [5, 5.41) is 9.10. The van der Waals surface area contributed by atoms with Gasteiger partial charge in [-0.25, -0.2) is 14.0 Å². The Labute approximate surface area is 146 Å². The zero-order chi connectivity index (χ0) is 18.4. The molecule has 0 spiro atoms. The number of benzene rings is 1. The lowest BCUT2D eigenvalue weighted by atomic mass is 9.93. The average Bonchev–Trinajstić information content (AvgIpc) is 2.76. The Morgan fingerprint density at radius 1 is 1.28 bits per heavy atom. The van der Waals surface area contributed by atoms with E-state index in [4.69, 9.17) is 9.84 Å². The van der Waals surface area contributed by atoms with Gasteiger partial charge < -0.3 is 9.84 Å². The molecule has 5 nitrogen and oxygen atoms in total. The zero-order valence-electron chi connectivity index (χ0n) is 14.6. The highest BCUT2D eigenvalue weighted by Gasteiger charge is 2.41. The molecule has 0 radical (unpaired) electrons. The van der Waals surface area contributed by atoms with Crippen LogP contribution in [0.4, 0.5) is 9.18 Å². The molecule has 2 heterocycles. The minimum Gasteiger partial charge on any atom is -0.478 e. The van der Waals surface area contributed by atoms with Crippen LogP contribution in [-0.2, 0) is 4.74 Å². The fourth-order valence-corrected chi connectivity index (χ4v) is 3.53. The molecule has 3 rings (SSSR count). The molecule has 1 N–H and O–H groups in total. The van der Waals surface area contributed by atoms with Gasteiger partial charge in [-0.1, -0.05) is 12.1 Å². The number of amides is 1. The summed E-state index contributed by atoms with van der Waals surface area (Å²) in [5.74, 6) is -2.03. The molecule has 25 heavy (non-hydrogen) atoms. The van der Waals surface area contributed by atoms with Gasteiger partial charge in [0.05, 0.1) is 11.6 Å². The Morgan fingerprint density at radius 2 is 2.00 bits per heavy atom. The minimum atomic E-state index is -1.28. The predicted molar refractivity (Wildman–Crippen MR) is 90.8 cm³/mol. The van der Waals surface area contributed by atoms with E-state index in [0.717, 1.165) is 18.4 Å². The molecule has 2 atom stereocenters. The third-order valence-corrected chi connectivity index (χ3v) is 4.57. The van der Waals surface area contributed by atoms with E-state index in [9.17, 15) is 14.0 Å². The summed E-state index contributed by atoms with van der Waals surface area (Å²) in [6, 6.07) is 4.10. The van der Waals surface area contributed by atoms with Crippen molar-refractivity contribution in [3.63, 3.8) is 0 Å². The predicted octanol–water partition coefficient (Wildman–Crippen LogP) is 4.08. The topological polar surface area (TPSA) is 66.8 Å². The van der Waals surface area contributed by atoms with Crippen LogP contribution in [0.25, 0.3) is 5.57 Å². The van der Waals surface area contributed by atoms with Crippen LogP contribution in [0.15, 0.2) is 24.3 Å². The van der Waals surface area contributed by atoms with Crippen molar-refractivity contribution in [3.8, 4) is 0 Å². The number of carbonyl (C=O) groups is 2. The van der Waals surface area contributed by atoms with Crippen molar-refractivity contribution in [1.29, 1.82) is 0 Å². The van der Waals surface area contributed by atoms with E-state index in [2.05, 4.69) is 0 Å². The SMILES string of the molecule is CC(C)(C)OC(=O)N1C2C=C(c3ccc(F)c(C(=O)O)c3)CC1CC2. The van der Waals surface area contributed by atoms with Gasteiger partial charge in [0.2, 0.25) is 0 Å². The van der Waals surface area contributed by atoms with E-state index in [1.807, 2.05) is 26.8 Å². The van der Waals surface area contributed by atoms with Gasteiger partial charge in [0, 0.05) is 6.04 Å². The third-order valence-electron chi connectivity index (χ3n) is 4.57. The number of carboxylic acid groups (broad SMARTS) is 1. The number of nitrogens with zero attached hydrogens (tertiary/aromatic N) is 1. The summed E-state index contributed by atoms with van der Waals surface area (Å²) >= 11 is 0. The number of rotatable bonds is 2. The van der Waals surface area contributed by atoms with E-state index >= 15 is 0 Å². The summed E-state index contributed by atoms with van der Waals surface area (Å²) in [4.78, 5) is 25.4. The van der Waals surface area contributed by atoms with E-state index in [1.54, 1.807) is 11.0 Å². The van der Waals surface area contributed by atoms with E-state index < -0.39 is 17.4 Å². The number of aromatic carboxylic acids is 1. The molecule has 0 aliphatic carbocycles. The Bertz CT molecular complexity index is 750. The number of fused-ring (bicyclic) bond motifs is 2. The lowest BCUT2D eigenvalue weighted by Crippen LogP contribution is -2.45. The average molecular weight is 347 g/mol. The van der Waals surface area contributed by atoms with Gasteiger partial charge >= 0.3 is 12.1 Å². The number of hydrogen-bond acceptors (Lipinski definition) is 3. The standard InChI is InChI=1S/C19H22FNO4/c1-19(2,3)25-18(24)21-13-5-6-14(21)9-12(8-13)11-4-7-16(20)15(10-11)17(22)23/h4,7-8,10,13-14H,5-6,9H2,1-3H3,(H,22,23). The van der Waals surface area contributed by atoms with Gasteiger partial charge in [-0.05, 0) is 63.3 Å². The number of ether oxygens (including phenoxy) is 1. The number of hydrogen-bond donors (Lipinski definition) is 1. The fraction of sp³-hybridized carbons (Fsp3) is 0.474. The zero-order valence-corrected chi connectivity index (χ0v) is 14.6. The molecule has 2 aliphatic rings. The van der Waals surface area contributed by atoms with Gasteiger partial charge in [-0.3, -0.25) is 4.90 Å². The highest BCUT2D eigenvalue weighted by Crippen LogP contribution is 2.39. The van der Waals surface area contributed by atoms with Gasteiger partial charge in [0.15, 0.2) is 0 Å². The maximum atomic E-state index is 13.6. The highest BCUT2D eigenvalue weighted by molar-refractivity contribution is 5.89. The van der Waals surface area contributed by atoms with Gasteiger partial charge in [0.1, 0.15) is 11.4 Å².